The highest BCUT2D eigenvalue weighted by molar-refractivity contribution is 7.89. The second kappa shape index (κ2) is 6.90. The van der Waals surface area contributed by atoms with Crippen molar-refractivity contribution in [2.75, 3.05) is 0 Å². The summed E-state index contributed by atoms with van der Waals surface area (Å²) in [4.78, 5) is 1.16. The number of hydrogen-bond acceptors (Lipinski definition) is 4. The van der Waals surface area contributed by atoms with Gasteiger partial charge in [-0.25, -0.2) is 4.39 Å². The lowest BCUT2D eigenvalue weighted by molar-refractivity contribution is 0.371. The van der Waals surface area contributed by atoms with E-state index in [0.29, 0.717) is 17.5 Å². The van der Waals surface area contributed by atoms with Crippen LogP contribution in [-0.4, -0.2) is 18.5 Å². The van der Waals surface area contributed by atoms with Gasteiger partial charge in [0.15, 0.2) is 0 Å². The Morgan fingerprint density at radius 3 is 2.48 bits per heavy atom. The van der Waals surface area contributed by atoms with Crippen molar-refractivity contribution < 1.29 is 12.8 Å². The largest absolute Gasteiger partial charge is 0.279 e. The summed E-state index contributed by atoms with van der Waals surface area (Å²) in [5.41, 5.74) is 2.09. The molecule has 0 spiro atoms. The molecule has 0 saturated carbocycles. The summed E-state index contributed by atoms with van der Waals surface area (Å²) >= 11 is 1.52. The minimum Gasteiger partial charge on any atom is -0.207 e. The van der Waals surface area contributed by atoms with E-state index in [4.69, 9.17) is 0 Å². The van der Waals surface area contributed by atoms with E-state index in [2.05, 4.69) is 5.10 Å². The fourth-order valence-electron chi connectivity index (χ4n) is 3.18. The minimum atomic E-state index is -3.84. The molecule has 27 heavy (non-hydrogen) atoms. The molecule has 1 aliphatic rings. The van der Waals surface area contributed by atoms with Crippen LogP contribution in [0, 0.1) is 12.7 Å². The quantitative estimate of drug-likeness (QED) is 0.635. The lowest BCUT2D eigenvalue weighted by Crippen LogP contribution is -2.28. The number of hydrogen-bond donors (Lipinski definition) is 0. The molecule has 0 radical (unpaired) electrons. The van der Waals surface area contributed by atoms with E-state index in [-0.39, 0.29) is 10.7 Å². The Balaban J connectivity index is 1.82. The van der Waals surface area contributed by atoms with Gasteiger partial charge in [0.25, 0.3) is 10.0 Å². The van der Waals surface area contributed by atoms with Crippen molar-refractivity contribution in [1.29, 1.82) is 0 Å². The van der Waals surface area contributed by atoms with Crippen molar-refractivity contribution in [3.63, 3.8) is 0 Å². The number of hydrazone groups is 1. The van der Waals surface area contributed by atoms with Crippen LogP contribution >= 0.6 is 11.3 Å². The maximum absolute atomic E-state index is 13.4. The van der Waals surface area contributed by atoms with Gasteiger partial charge in [-0.05, 0) is 47.7 Å². The highest BCUT2D eigenvalue weighted by Gasteiger charge is 2.38. The highest BCUT2D eigenvalue weighted by Crippen LogP contribution is 2.38. The molecule has 0 saturated heterocycles. The first kappa shape index (κ1) is 17.9. The van der Waals surface area contributed by atoms with E-state index in [1.54, 1.807) is 43.3 Å². The molecule has 0 fully saturated rings. The molecule has 1 aromatic heterocycles. The average Bonchev–Trinajstić information content (AvgIpc) is 3.32. The molecular formula is C20H17FN2O2S2. The van der Waals surface area contributed by atoms with Crippen LogP contribution in [0.1, 0.15) is 28.5 Å². The molecule has 0 N–H and O–H groups in total. The molecule has 1 atom stereocenters. The zero-order chi connectivity index (χ0) is 19.0. The molecule has 1 unspecified atom stereocenters. The van der Waals surface area contributed by atoms with E-state index in [1.165, 1.54) is 27.9 Å². The van der Waals surface area contributed by atoms with Crippen LogP contribution in [-0.2, 0) is 10.0 Å². The van der Waals surface area contributed by atoms with Gasteiger partial charge in [-0.15, -0.1) is 11.3 Å². The molecule has 0 aliphatic carbocycles. The van der Waals surface area contributed by atoms with Crippen molar-refractivity contribution in [3.05, 3.63) is 87.9 Å². The Morgan fingerprint density at radius 2 is 1.81 bits per heavy atom. The standard InChI is InChI=1S/C20H17FN2O2S2/c1-14-5-2-3-7-20(14)27(24,25)23-18(15-8-10-16(21)11-9-15)13-17(22-23)19-6-4-12-26-19/h2-12,18H,13H2,1H3. The minimum absolute atomic E-state index is 0.230. The fourth-order valence-corrected chi connectivity index (χ4v) is 5.57. The van der Waals surface area contributed by atoms with Gasteiger partial charge in [0.2, 0.25) is 0 Å². The van der Waals surface area contributed by atoms with Gasteiger partial charge in [0.1, 0.15) is 5.82 Å². The first-order valence-corrected chi connectivity index (χ1v) is 10.8. The van der Waals surface area contributed by atoms with Crippen molar-refractivity contribution in [1.82, 2.24) is 4.41 Å². The van der Waals surface area contributed by atoms with E-state index < -0.39 is 16.1 Å². The van der Waals surface area contributed by atoms with Gasteiger partial charge in [-0.2, -0.15) is 17.9 Å². The van der Waals surface area contributed by atoms with Crippen molar-refractivity contribution in [2.45, 2.75) is 24.3 Å². The van der Waals surface area contributed by atoms with E-state index in [9.17, 15) is 12.8 Å². The molecular weight excluding hydrogens is 383 g/mol. The Kier molecular flexibility index (Phi) is 4.57. The Labute approximate surface area is 161 Å². The molecule has 7 heteroatoms. The van der Waals surface area contributed by atoms with Crippen molar-refractivity contribution in [3.8, 4) is 0 Å². The van der Waals surface area contributed by atoms with Crippen LogP contribution in [0.15, 0.2) is 76.0 Å². The molecule has 0 bridgehead atoms. The highest BCUT2D eigenvalue weighted by atomic mass is 32.2. The fraction of sp³-hybridized carbons (Fsp3) is 0.150. The molecule has 138 valence electrons. The Morgan fingerprint density at radius 1 is 1.07 bits per heavy atom. The molecule has 3 aromatic rings. The maximum Gasteiger partial charge on any atom is 0.279 e. The van der Waals surface area contributed by atoms with E-state index in [1.807, 2.05) is 17.5 Å². The smallest absolute Gasteiger partial charge is 0.207 e. The zero-order valence-electron chi connectivity index (χ0n) is 14.5. The lowest BCUT2D eigenvalue weighted by Gasteiger charge is -2.24. The number of rotatable bonds is 4. The first-order valence-electron chi connectivity index (χ1n) is 8.44. The summed E-state index contributed by atoms with van der Waals surface area (Å²) in [6.45, 7) is 1.76. The first-order chi connectivity index (χ1) is 13.0. The number of halogens is 1. The molecule has 1 aliphatic heterocycles. The van der Waals surface area contributed by atoms with Crippen molar-refractivity contribution >= 4 is 27.1 Å². The van der Waals surface area contributed by atoms with Crippen LogP contribution in [0.3, 0.4) is 0 Å². The number of nitrogens with zero attached hydrogens (tertiary/aromatic N) is 2. The number of sulfonamides is 1. The number of aryl methyl sites for hydroxylation is 1. The predicted octanol–water partition coefficient (Wildman–Crippen LogP) is 4.74. The number of benzene rings is 2. The van der Waals surface area contributed by atoms with Gasteiger partial charge < -0.3 is 0 Å². The summed E-state index contributed by atoms with van der Waals surface area (Å²) in [6, 6.07) is 16.1. The van der Waals surface area contributed by atoms with Crippen molar-refractivity contribution in [2.24, 2.45) is 5.10 Å². The third-order valence-corrected chi connectivity index (χ3v) is 7.31. The third kappa shape index (κ3) is 3.28. The van der Waals surface area contributed by atoms with Gasteiger partial charge in [0, 0.05) is 6.42 Å². The Hall–Kier alpha value is -2.51. The average molecular weight is 401 g/mol. The molecule has 2 aromatic carbocycles. The molecule has 4 nitrogen and oxygen atoms in total. The predicted molar refractivity (Wildman–Crippen MR) is 105 cm³/mol. The molecule has 0 amide bonds. The van der Waals surface area contributed by atoms with Crippen LogP contribution < -0.4 is 0 Å². The zero-order valence-corrected chi connectivity index (χ0v) is 16.2. The van der Waals surface area contributed by atoms with E-state index >= 15 is 0 Å². The topological polar surface area (TPSA) is 49.7 Å². The van der Waals surface area contributed by atoms with E-state index in [0.717, 1.165) is 10.6 Å². The summed E-state index contributed by atoms with van der Waals surface area (Å²) in [7, 11) is -3.84. The lowest BCUT2D eigenvalue weighted by atomic mass is 10.0. The second-order valence-corrected chi connectivity index (χ2v) is 9.05. The summed E-state index contributed by atoms with van der Waals surface area (Å²) in [5, 5.41) is 6.41. The molecule has 4 rings (SSSR count). The summed E-state index contributed by atoms with van der Waals surface area (Å²) in [6.07, 6.45) is 0.442. The maximum atomic E-state index is 13.4. The van der Waals surface area contributed by atoms with Gasteiger partial charge >= 0.3 is 0 Å². The van der Waals surface area contributed by atoms with Crippen LogP contribution in [0.2, 0.25) is 0 Å². The number of thiophene rings is 1. The van der Waals surface area contributed by atoms with Crippen LogP contribution in [0.25, 0.3) is 0 Å². The van der Waals surface area contributed by atoms with Crippen LogP contribution in [0.4, 0.5) is 4.39 Å². The van der Waals surface area contributed by atoms with Crippen LogP contribution in [0.5, 0.6) is 0 Å². The second-order valence-electron chi connectivity index (χ2n) is 6.34. The third-order valence-electron chi connectivity index (χ3n) is 4.55. The monoisotopic (exact) mass is 400 g/mol. The summed E-state index contributed by atoms with van der Waals surface area (Å²) in [5.74, 6) is -0.357. The SMILES string of the molecule is Cc1ccccc1S(=O)(=O)N1N=C(c2cccs2)CC1c1ccc(F)cc1. The normalized spacial score (nSPS) is 17.2. The van der Waals surface area contributed by atoms with Gasteiger partial charge in [-0.3, -0.25) is 0 Å². The Bertz CT molecular complexity index is 1090. The summed E-state index contributed by atoms with van der Waals surface area (Å²) < 4.78 is 41.3. The molecule has 2 heterocycles. The van der Waals surface area contributed by atoms with Gasteiger partial charge in [0.05, 0.1) is 21.5 Å². The van der Waals surface area contributed by atoms with Gasteiger partial charge in [-0.1, -0.05) is 36.4 Å².